The number of aromatic nitrogens is 3. The maximum absolute atomic E-state index is 13.8. The number of hydrogen-bond acceptors (Lipinski definition) is 6. The Morgan fingerprint density at radius 2 is 1.92 bits per heavy atom. The zero-order valence-corrected chi connectivity index (χ0v) is 15.0. The summed E-state index contributed by atoms with van der Waals surface area (Å²) in [6.07, 6.45) is 0. The lowest BCUT2D eigenvalue weighted by Crippen LogP contribution is -2.37. The summed E-state index contributed by atoms with van der Waals surface area (Å²) in [6.45, 7) is 1.90. The van der Waals surface area contributed by atoms with Crippen molar-refractivity contribution in [3.05, 3.63) is 30.1 Å². The molecule has 0 aliphatic carbocycles. The van der Waals surface area contributed by atoms with Gasteiger partial charge in [0.05, 0.1) is 24.5 Å². The van der Waals surface area contributed by atoms with Crippen molar-refractivity contribution in [2.75, 3.05) is 46.3 Å². The molecule has 2 aromatic rings. The molecule has 136 valence electrons. The van der Waals surface area contributed by atoms with Crippen molar-refractivity contribution in [3.8, 4) is 11.4 Å². The van der Waals surface area contributed by atoms with Crippen LogP contribution >= 0.6 is 11.8 Å². The molecule has 9 heteroatoms. The summed E-state index contributed by atoms with van der Waals surface area (Å²) in [5.41, 5.74) is 0.343. The SMILES string of the molecule is COCCN(CCOC)C(=O)CSc1n[nH]c(-c2ccccc2F)n1. The number of amides is 1. The number of halogens is 1. The van der Waals surface area contributed by atoms with Gasteiger partial charge in [0.25, 0.3) is 0 Å². The maximum atomic E-state index is 13.8. The molecule has 2 rings (SSSR count). The van der Waals surface area contributed by atoms with Crippen molar-refractivity contribution in [2.45, 2.75) is 5.16 Å². The predicted molar refractivity (Wildman–Crippen MR) is 92.8 cm³/mol. The first-order valence-corrected chi connectivity index (χ1v) is 8.70. The lowest BCUT2D eigenvalue weighted by molar-refractivity contribution is -0.129. The number of ether oxygens (including phenoxy) is 2. The zero-order chi connectivity index (χ0) is 18.1. The van der Waals surface area contributed by atoms with E-state index in [0.29, 0.717) is 42.8 Å². The van der Waals surface area contributed by atoms with Gasteiger partial charge in [0.15, 0.2) is 5.82 Å². The number of rotatable bonds is 10. The highest BCUT2D eigenvalue weighted by Gasteiger charge is 2.16. The Kier molecular flexibility index (Phi) is 7.83. The lowest BCUT2D eigenvalue weighted by Gasteiger charge is -2.21. The average Bonchev–Trinajstić information content (AvgIpc) is 3.09. The minimum Gasteiger partial charge on any atom is -0.383 e. The molecule has 0 fully saturated rings. The molecule has 0 aliphatic rings. The second kappa shape index (κ2) is 10.1. The number of methoxy groups -OCH3 is 2. The molecule has 1 aromatic carbocycles. The van der Waals surface area contributed by atoms with Crippen molar-refractivity contribution in [2.24, 2.45) is 0 Å². The highest BCUT2D eigenvalue weighted by atomic mass is 32.2. The topological polar surface area (TPSA) is 80.3 Å². The monoisotopic (exact) mass is 368 g/mol. The fourth-order valence-corrected chi connectivity index (χ4v) is 2.77. The van der Waals surface area contributed by atoms with Crippen LogP contribution < -0.4 is 0 Å². The summed E-state index contributed by atoms with van der Waals surface area (Å²) >= 11 is 1.20. The average molecular weight is 368 g/mol. The molecule has 0 atom stereocenters. The molecule has 0 saturated carbocycles. The highest BCUT2D eigenvalue weighted by Crippen LogP contribution is 2.21. The highest BCUT2D eigenvalue weighted by molar-refractivity contribution is 7.99. The van der Waals surface area contributed by atoms with Crippen molar-refractivity contribution in [1.82, 2.24) is 20.1 Å². The summed E-state index contributed by atoms with van der Waals surface area (Å²) in [4.78, 5) is 18.2. The number of thioether (sulfide) groups is 1. The summed E-state index contributed by atoms with van der Waals surface area (Å²) in [5.74, 6) is 0.0822. The lowest BCUT2D eigenvalue weighted by atomic mass is 10.2. The van der Waals surface area contributed by atoms with Crippen LogP contribution in [0.5, 0.6) is 0 Å². The minimum absolute atomic E-state index is 0.0589. The molecule has 1 aromatic heterocycles. The van der Waals surface area contributed by atoms with Gasteiger partial charge in [-0.15, -0.1) is 5.10 Å². The molecule has 1 N–H and O–H groups in total. The van der Waals surface area contributed by atoms with Gasteiger partial charge in [0.1, 0.15) is 5.82 Å². The van der Waals surface area contributed by atoms with Crippen LogP contribution in [-0.4, -0.2) is 72.3 Å². The molecule has 0 saturated heterocycles. The number of benzene rings is 1. The van der Waals surface area contributed by atoms with E-state index in [1.165, 1.54) is 17.8 Å². The predicted octanol–water partition coefficient (Wildman–Crippen LogP) is 1.82. The number of aromatic amines is 1. The van der Waals surface area contributed by atoms with Crippen LogP contribution in [0.3, 0.4) is 0 Å². The van der Waals surface area contributed by atoms with Crippen LogP contribution in [0, 0.1) is 5.82 Å². The van der Waals surface area contributed by atoms with Gasteiger partial charge in [-0.05, 0) is 12.1 Å². The second-order valence-corrected chi connectivity index (χ2v) is 6.04. The van der Waals surface area contributed by atoms with Gasteiger partial charge >= 0.3 is 0 Å². The number of nitrogens with zero attached hydrogens (tertiary/aromatic N) is 3. The van der Waals surface area contributed by atoms with E-state index in [4.69, 9.17) is 9.47 Å². The van der Waals surface area contributed by atoms with Crippen molar-refractivity contribution >= 4 is 17.7 Å². The van der Waals surface area contributed by atoms with E-state index in [1.54, 1.807) is 37.3 Å². The molecular weight excluding hydrogens is 347 g/mol. The Balaban J connectivity index is 1.93. The van der Waals surface area contributed by atoms with E-state index >= 15 is 0 Å². The smallest absolute Gasteiger partial charge is 0.233 e. The molecule has 7 nitrogen and oxygen atoms in total. The van der Waals surface area contributed by atoms with Crippen LogP contribution in [0.25, 0.3) is 11.4 Å². The van der Waals surface area contributed by atoms with Crippen LogP contribution in [0.4, 0.5) is 4.39 Å². The Morgan fingerprint density at radius 3 is 2.56 bits per heavy atom. The number of hydrogen-bond donors (Lipinski definition) is 1. The number of H-pyrrole nitrogens is 1. The zero-order valence-electron chi connectivity index (χ0n) is 14.2. The van der Waals surface area contributed by atoms with Gasteiger partial charge < -0.3 is 14.4 Å². The normalized spacial score (nSPS) is 10.8. The third kappa shape index (κ3) is 5.80. The standard InChI is InChI=1S/C16H21FN4O3S/c1-23-9-7-21(8-10-24-2)14(22)11-25-16-18-15(19-20-16)12-5-3-4-6-13(12)17/h3-6H,7-11H2,1-2H3,(H,18,19,20). The van der Waals surface area contributed by atoms with E-state index in [1.807, 2.05) is 0 Å². The molecule has 0 unspecified atom stereocenters. The molecular formula is C16H21FN4O3S. The van der Waals surface area contributed by atoms with E-state index in [9.17, 15) is 9.18 Å². The molecule has 1 heterocycles. The first-order chi connectivity index (χ1) is 12.2. The number of carbonyl (C=O) groups excluding carboxylic acids is 1. The number of nitrogens with one attached hydrogen (secondary N) is 1. The first-order valence-electron chi connectivity index (χ1n) is 7.71. The summed E-state index contributed by atoms with van der Waals surface area (Å²) in [5, 5.41) is 7.12. The van der Waals surface area contributed by atoms with Gasteiger partial charge in [-0.2, -0.15) is 0 Å². The van der Waals surface area contributed by atoms with E-state index in [-0.39, 0.29) is 17.5 Å². The molecule has 0 spiro atoms. The van der Waals surface area contributed by atoms with Gasteiger partial charge in [-0.25, -0.2) is 9.37 Å². The van der Waals surface area contributed by atoms with Crippen LogP contribution in [0.1, 0.15) is 0 Å². The summed E-state index contributed by atoms with van der Waals surface area (Å²) < 4.78 is 23.8. The molecule has 0 radical (unpaired) electrons. The van der Waals surface area contributed by atoms with Crippen molar-refractivity contribution in [3.63, 3.8) is 0 Å². The first kappa shape index (κ1) is 19.4. The molecule has 0 bridgehead atoms. The van der Waals surface area contributed by atoms with E-state index < -0.39 is 0 Å². The van der Waals surface area contributed by atoms with Crippen LogP contribution in [0.2, 0.25) is 0 Å². The Hall–Kier alpha value is -1.97. The Morgan fingerprint density at radius 1 is 1.24 bits per heavy atom. The minimum atomic E-state index is -0.378. The molecule has 0 aliphatic heterocycles. The molecule has 25 heavy (non-hydrogen) atoms. The fourth-order valence-electron chi connectivity index (χ4n) is 2.07. The number of carbonyl (C=O) groups is 1. The largest absolute Gasteiger partial charge is 0.383 e. The second-order valence-electron chi connectivity index (χ2n) is 5.10. The van der Waals surface area contributed by atoms with Crippen LogP contribution in [0.15, 0.2) is 29.4 Å². The van der Waals surface area contributed by atoms with Gasteiger partial charge in [-0.1, -0.05) is 23.9 Å². The van der Waals surface area contributed by atoms with Gasteiger partial charge in [0.2, 0.25) is 11.1 Å². The fraction of sp³-hybridized carbons (Fsp3) is 0.438. The maximum Gasteiger partial charge on any atom is 0.233 e. The van der Waals surface area contributed by atoms with Crippen molar-refractivity contribution in [1.29, 1.82) is 0 Å². The van der Waals surface area contributed by atoms with Gasteiger partial charge in [0, 0.05) is 27.3 Å². The quantitative estimate of drug-likeness (QED) is 0.645. The van der Waals surface area contributed by atoms with E-state index in [0.717, 1.165) is 0 Å². The summed E-state index contributed by atoms with van der Waals surface area (Å²) in [6, 6.07) is 6.31. The Bertz CT molecular complexity index is 675. The van der Waals surface area contributed by atoms with Crippen molar-refractivity contribution < 1.29 is 18.7 Å². The van der Waals surface area contributed by atoms with E-state index in [2.05, 4.69) is 15.2 Å². The van der Waals surface area contributed by atoms with Crippen LogP contribution in [-0.2, 0) is 14.3 Å². The Labute approximate surface area is 149 Å². The molecule has 1 amide bonds. The third-order valence-electron chi connectivity index (χ3n) is 3.40. The third-order valence-corrected chi connectivity index (χ3v) is 4.23. The van der Waals surface area contributed by atoms with Gasteiger partial charge in [-0.3, -0.25) is 9.89 Å². The summed E-state index contributed by atoms with van der Waals surface area (Å²) in [7, 11) is 3.18.